The van der Waals surface area contributed by atoms with Crippen LogP contribution in [-0.4, -0.2) is 59.9 Å². The van der Waals surface area contributed by atoms with Gasteiger partial charge in [-0.05, 0) is 19.4 Å². The van der Waals surface area contributed by atoms with Gasteiger partial charge in [0.05, 0.1) is 30.2 Å². The van der Waals surface area contributed by atoms with E-state index >= 15 is 0 Å². The second kappa shape index (κ2) is 8.33. The Bertz CT molecular complexity index is 871. The fourth-order valence-corrected chi connectivity index (χ4v) is 2.62. The predicted octanol–water partition coefficient (Wildman–Crippen LogP) is 0.0657. The number of aromatic nitrogens is 6. The molecule has 3 rings (SSSR count). The van der Waals surface area contributed by atoms with E-state index in [4.69, 9.17) is 0 Å². The molecule has 1 unspecified atom stereocenters. The summed E-state index contributed by atoms with van der Waals surface area (Å²) in [6.07, 6.45) is 6.38. The summed E-state index contributed by atoms with van der Waals surface area (Å²) in [6, 6.07) is 2.61. The van der Waals surface area contributed by atoms with Gasteiger partial charge in [0.25, 0.3) is 0 Å². The predicted molar refractivity (Wildman–Crippen MR) is 90.7 cm³/mol. The van der Waals surface area contributed by atoms with Crippen LogP contribution in [0.25, 0.3) is 5.69 Å². The molecule has 9 nitrogen and oxygen atoms in total. The van der Waals surface area contributed by atoms with Crippen LogP contribution < -0.4 is 5.46 Å². The maximum atomic E-state index is 12.3. The van der Waals surface area contributed by atoms with E-state index in [1.165, 1.54) is 12.3 Å². The van der Waals surface area contributed by atoms with E-state index in [1.54, 1.807) is 41.0 Å². The summed E-state index contributed by atoms with van der Waals surface area (Å²) in [5.74, 6) is 0.673. The van der Waals surface area contributed by atoms with E-state index in [0.29, 0.717) is 17.2 Å². The Morgan fingerprint density at radius 3 is 2.67 bits per heavy atom. The summed E-state index contributed by atoms with van der Waals surface area (Å²) < 4.78 is 32.3. The number of ether oxygens (including phenoxy) is 1. The van der Waals surface area contributed by atoms with Crippen LogP contribution in [0.1, 0.15) is 24.0 Å². The SMILES string of the molecule is Cc1nncn1-c1cnn(C(CCOC(F)F)c2ccc(B(O)O)cn2)c1. The molecule has 12 heteroatoms. The zero-order valence-corrected chi connectivity index (χ0v) is 14.4. The molecule has 0 saturated carbocycles. The van der Waals surface area contributed by atoms with Gasteiger partial charge in [-0.15, -0.1) is 10.2 Å². The molecule has 0 fully saturated rings. The molecule has 0 amide bonds. The number of hydrogen-bond acceptors (Lipinski definition) is 7. The molecule has 0 aromatic carbocycles. The van der Waals surface area contributed by atoms with Gasteiger partial charge in [0.2, 0.25) is 0 Å². The molecule has 0 aliphatic heterocycles. The van der Waals surface area contributed by atoms with Gasteiger partial charge < -0.3 is 14.8 Å². The highest BCUT2D eigenvalue weighted by molar-refractivity contribution is 6.58. The molecular formula is C15H17BF2N6O3. The van der Waals surface area contributed by atoms with Crippen LogP contribution in [-0.2, 0) is 4.74 Å². The molecule has 1 atom stereocenters. The fourth-order valence-electron chi connectivity index (χ4n) is 2.62. The Morgan fingerprint density at radius 1 is 1.26 bits per heavy atom. The minimum absolute atomic E-state index is 0.195. The van der Waals surface area contributed by atoms with Crippen LogP contribution in [0.4, 0.5) is 8.78 Å². The summed E-state index contributed by atoms with van der Waals surface area (Å²) in [5.41, 5.74) is 1.45. The van der Waals surface area contributed by atoms with Crippen molar-refractivity contribution in [1.29, 1.82) is 0 Å². The zero-order chi connectivity index (χ0) is 19.4. The molecule has 0 saturated heterocycles. The number of rotatable bonds is 8. The van der Waals surface area contributed by atoms with Crippen molar-refractivity contribution in [3.63, 3.8) is 0 Å². The molecule has 0 aliphatic carbocycles. The zero-order valence-electron chi connectivity index (χ0n) is 14.4. The first kappa shape index (κ1) is 19.1. The Kier molecular flexibility index (Phi) is 5.89. The fraction of sp³-hybridized carbons (Fsp3) is 0.333. The van der Waals surface area contributed by atoms with Gasteiger partial charge in [-0.1, -0.05) is 6.07 Å². The first-order valence-corrected chi connectivity index (χ1v) is 8.08. The Morgan fingerprint density at radius 2 is 2.07 bits per heavy atom. The van der Waals surface area contributed by atoms with Gasteiger partial charge in [0.1, 0.15) is 12.2 Å². The second-order valence-electron chi connectivity index (χ2n) is 5.75. The summed E-state index contributed by atoms with van der Waals surface area (Å²) in [7, 11) is -1.64. The lowest BCUT2D eigenvalue weighted by atomic mass is 9.81. The molecular weight excluding hydrogens is 361 g/mol. The Balaban J connectivity index is 1.87. The third-order valence-electron chi connectivity index (χ3n) is 3.99. The molecule has 2 N–H and O–H groups in total. The van der Waals surface area contributed by atoms with Crippen LogP contribution >= 0.6 is 0 Å². The molecule has 142 valence electrons. The molecule has 0 bridgehead atoms. The third-order valence-corrected chi connectivity index (χ3v) is 3.99. The van der Waals surface area contributed by atoms with Crippen LogP contribution in [0.5, 0.6) is 0 Å². The highest BCUT2D eigenvalue weighted by Crippen LogP contribution is 2.21. The van der Waals surface area contributed by atoms with Crippen molar-refractivity contribution >= 4 is 12.6 Å². The average molecular weight is 378 g/mol. The maximum absolute atomic E-state index is 12.3. The van der Waals surface area contributed by atoms with E-state index in [-0.39, 0.29) is 18.5 Å². The normalized spacial score (nSPS) is 12.5. The first-order chi connectivity index (χ1) is 13.0. The van der Waals surface area contributed by atoms with Crippen LogP contribution in [0.15, 0.2) is 37.1 Å². The van der Waals surface area contributed by atoms with E-state index < -0.39 is 19.8 Å². The smallest absolute Gasteiger partial charge is 0.423 e. The van der Waals surface area contributed by atoms with Crippen molar-refractivity contribution in [2.24, 2.45) is 0 Å². The van der Waals surface area contributed by atoms with E-state index in [2.05, 4.69) is 25.0 Å². The molecule has 3 aromatic heterocycles. The largest absolute Gasteiger partial charge is 0.490 e. The van der Waals surface area contributed by atoms with Gasteiger partial charge in [-0.25, -0.2) is 0 Å². The minimum atomic E-state index is -2.86. The number of aryl methyl sites for hydroxylation is 1. The van der Waals surface area contributed by atoms with Crippen molar-refractivity contribution in [3.8, 4) is 5.69 Å². The lowest BCUT2D eigenvalue weighted by Gasteiger charge is -2.17. The summed E-state index contributed by atoms with van der Waals surface area (Å²) in [6.45, 7) is -1.27. The minimum Gasteiger partial charge on any atom is -0.423 e. The summed E-state index contributed by atoms with van der Waals surface area (Å²) >= 11 is 0. The summed E-state index contributed by atoms with van der Waals surface area (Å²) in [4.78, 5) is 4.21. The average Bonchev–Trinajstić information content (AvgIpc) is 3.27. The standard InChI is InChI=1S/C15H17BF2N6O3/c1-10-22-20-9-23(10)12-7-21-24(8-12)14(4-5-27-15(17)18)13-3-2-11(6-19-13)16(25)26/h2-3,6-9,14-15,25-26H,4-5H2,1H3. The molecule has 3 heterocycles. The highest BCUT2D eigenvalue weighted by Gasteiger charge is 2.20. The summed E-state index contributed by atoms with van der Waals surface area (Å²) in [5, 5.41) is 30.4. The van der Waals surface area contributed by atoms with Gasteiger partial charge in [0.15, 0.2) is 0 Å². The number of alkyl halides is 2. The van der Waals surface area contributed by atoms with Gasteiger partial charge in [0, 0.05) is 17.9 Å². The van der Waals surface area contributed by atoms with Crippen molar-refractivity contribution < 1.29 is 23.6 Å². The van der Waals surface area contributed by atoms with Crippen LogP contribution in [0.2, 0.25) is 0 Å². The number of nitrogens with zero attached hydrogens (tertiary/aromatic N) is 6. The molecule has 3 aromatic rings. The third kappa shape index (κ3) is 4.53. The van der Waals surface area contributed by atoms with Gasteiger partial charge >= 0.3 is 13.7 Å². The van der Waals surface area contributed by atoms with Gasteiger partial charge in [-0.3, -0.25) is 14.2 Å². The molecule has 0 aliphatic rings. The van der Waals surface area contributed by atoms with E-state index in [0.717, 1.165) is 0 Å². The first-order valence-electron chi connectivity index (χ1n) is 8.08. The second-order valence-corrected chi connectivity index (χ2v) is 5.75. The topological polar surface area (TPSA) is 111 Å². The number of halogens is 2. The lowest BCUT2D eigenvalue weighted by Crippen LogP contribution is -2.30. The van der Waals surface area contributed by atoms with Gasteiger partial charge in [-0.2, -0.15) is 13.9 Å². The highest BCUT2D eigenvalue weighted by atomic mass is 19.3. The number of pyridine rings is 1. The van der Waals surface area contributed by atoms with E-state index in [1.807, 2.05) is 0 Å². The molecule has 27 heavy (non-hydrogen) atoms. The monoisotopic (exact) mass is 378 g/mol. The molecule has 0 spiro atoms. The number of hydrogen-bond donors (Lipinski definition) is 2. The maximum Gasteiger partial charge on any atom is 0.490 e. The van der Waals surface area contributed by atoms with Crippen LogP contribution in [0, 0.1) is 6.92 Å². The van der Waals surface area contributed by atoms with Crippen molar-refractivity contribution in [2.45, 2.75) is 26.0 Å². The lowest BCUT2D eigenvalue weighted by molar-refractivity contribution is -0.130. The van der Waals surface area contributed by atoms with E-state index in [9.17, 15) is 18.8 Å². The van der Waals surface area contributed by atoms with Crippen molar-refractivity contribution in [3.05, 3.63) is 48.6 Å². The Labute approximate surface area is 153 Å². The molecule has 0 radical (unpaired) electrons. The van der Waals surface area contributed by atoms with Crippen molar-refractivity contribution in [1.82, 2.24) is 29.5 Å². The Hall–Kier alpha value is -2.70. The van der Waals surface area contributed by atoms with Crippen LogP contribution in [0.3, 0.4) is 0 Å². The quantitative estimate of drug-likeness (QED) is 0.534. The van der Waals surface area contributed by atoms with Crippen molar-refractivity contribution in [2.75, 3.05) is 6.61 Å².